The fraction of sp³-hybridized carbons (Fsp3) is 0.391. The molecule has 0 unspecified atom stereocenters. The molecule has 0 atom stereocenters. The zero-order valence-corrected chi connectivity index (χ0v) is 18.7. The van der Waals surface area contributed by atoms with Crippen molar-refractivity contribution in [3.8, 4) is 5.75 Å². The van der Waals surface area contributed by atoms with Gasteiger partial charge in [0.25, 0.3) is 5.91 Å². The summed E-state index contributed by atoms with van der Waals surface area (Å²) in [6.07, 6.45) is 2.11. The number of carbonyl (C=O) groups is 1. The van der Waals surface area contributed by atoms with Gasteiger partial charge in [0.2, 0.25) is 0 Å². The normalized spacial score (nSPS) is 14.7. The minimum absolute atomic E-state index is 0.0526. The zero-order valence-electron chi connectivity index (χ0n) is 17.9. The van der Waals surface area contributed by atoms with E-state index in [1.165, 1.54) is 23.0 Å². The summed E-state index contributed by atoms with van der Waals surface area (Å²) < 4.78 is 21.2. The summed E-state index contributed by atoms with van der Waals surface area (Å²) in [4.78, 5) is 17.9. The fourth-order valence-corrected chi connectivity index (χ4v) is 4.53. The van der Waals surface area contributed by atoms with Crippen LogP contribution in [0.15, 0.2) is 41.9 Å². The number of hydrogen-bond acceptors (Lipinski definition) is 5. The van der Waals surface area contributed by atoms with Crippen LogP contribution in [0.4, 0.5) is 4.39 Å². The first-order chi connectivity index (χ1) is 15.0. The third-order valence-electron chi connectivity index (χ3n) is 5.52. The number of benzene rings is 1. The monoisotopic (exact) mass is 442 g/mol. The Hall–Kier alpha value is -2.71. The highest BCUT2D eigenvalue weighted by Gasteiger charge is 2.24. The fourth-order valence-electron chi connectivity index (χ4n) is 3.67. The van der Waals surface area contributed by atoms with E-state index in [1.54, 1.807) is 18.2 Å². The number of carbonyl (C=O) groups excluding carboxylic acids is 1. The summed E-state index contributed by atoms with van der Waals surface area (Å²) in [5.74, 6) is -0.113. The molecule has 0 N–H and O–H groups in total. The summed E-state index contributed by atoms with van der Waals surface area (Å²) in [5, 5.41) is 6.42. The maximum absolute atomic E-state index is 13.7. The van der Waals surface area contributed by atoms with Gasteiger partial charge in [0.05, 0.1) is 10.6 Å². The maximum Gasteiger partial charge on any atom is 0.264 e. The molecule has 0 aliphatic carbocycles. The Bertz CT molecular complexity index is 1040. The van der Waals surface area contributed by atoms with Gasteiger partial charge < -0.3 is 9.64 Å². The molecule has 8 heteroatoms. The van der Waals surface area contributed by atoms with Crippen LogP contribution in [-0.2, 0) is 19.7 Å². The van der Waals surface area contributed by atoms with Crippen molar-refractivity contribution in [1.82, 2.24) is 19.6 Å². The molecule has 0 radical (unpaired) electrons. The topological polar surface area (TPSA) is 50.6 Å². The molecule has 0 saturated carbocycles. The molecule has 31 heavy (non-hydrogen) atoms. The first-order valence-electron chi connectivity index (χ1n) is 10.5. The van der Waals surface area contributed by atoms with E-state index in [1.807, 2.05) is 28.0 Å². The minimum Gasteiger partial charge on any atom is -0.486 e. The minimum atomic E-state index is -0.385. The highest BCUT2D eigenvalue weighted by Crippen LogP contribution is 2.22. The van der Waals surface area contributed by atoms with Crippen molar-refractivity contribution in [3.05, 3.63) is 69.4 Å². The Morgan fingerprint density at radius 1 is 1.23 bits per heavy atom. The van der Waals surface area contributed by atoms with E-state index < -0.39 is 0 Å². The zero-order chi connectivity index (χ0) is 21.8. The summed E-state index contributed by atoms with van der Waals surface area (Å²) in [5.41, 5.74) is 3.20. The van der Waals surface area contributed by atoms with Gasteiger partial charge >= 0.3 is 0 Å². The van der Waals surface area contributed by atoms with Gasteiger partial charge in [-0.3, -0.25) is 14.4 Å². The van der Waals surface area contributed by atoms with Crippen molar-refractivity contribution >= 4 is 17.2 Å². The molecule has 1 saturated heterocycles. The van der Waals surface area contributed by atoms with Crippen LogP contribution in [0, 0.1) is 12.7 Å². The van der Waals surface area contributed by atoms with E-state index in [9.17, 15) is 9.18 Å². The third kappa shape index (κ3) is 5.14. The largest absolute Gasteiger partial charge is 0.486 e. The summed E-state index contributed by atoms with van der Waals surface area (Å²) >= 11 is 1.41. The van der Waals surface area contributed by atoms with Crippen LogP contribution < -0.4 is 4.74 Å². The lowest BCUT2D eigenvalue weighted by atomic mass is 10.2. The first-order valence-corrected chi connectivity index (χ1v) is 11.4. The maximum atomic E-state index is 13.7. The van der Waals surface area contributed by atoms with Crippen LogP contribution in [0.1, 0.15) is 33.4 Å². The Kier molecular flexibility index (Phi) is 6.67. The number of ether oxygens (including phenoxy) is 1. The Balaban J connectivity index is 1.28. The second kappa shape index (κ2) is 9.62. The molecule has 164 valence electrons. The number of nitrogens with zero attached hydrogens (tertiary/aromatic N) is 4. The van der Waals surface area contributed by atoms with Crippen molar-refractivity contribution in [2.24, 2.45) is 0 Å². The number of amides is 1. The van der Waals surface area contributed by atoms with Gasteiger partial charge in [-0.05, 0) is 37.4 Å². The van der Waals surface area contributed by atoms with Crippen LogP contribution in [0.5, 0.6) is 5.75 Å². The average Bonchev–Trinajstić information content (AvgIpc) is 3.40. The molecular weight excluding hydrogens is 415 g/mol. The SMILES string of the molecule is CCn1cc(CN2CCN(C(=O)c3cc(COc4ccccc4F)cs3)CC2)c(C)n1. The van der Waals surface area contributed by atoms with Gasteiger partial charge in [-0.2, -0.15) is 5.10 Å². The van der Waals surface area contributed by atoms with Gasteiger partial charge in [0.15, 0.2) is 11.6 Å². The predicted molar refractivity (Wildman–Crippen MR) is 119 cm³/mol. The van der Waals surface area contributed by atoms with E-state index in [0.29, 0.717) is 18.0 Å². The smallest absolute Gasteiger partial charge is 0.264 e. The molecule has 0 bridgehead atoms. The van der Waals surface area contributed by atoms with Crippen LogP contribution >= 0.6 is 11.3 Å². The molecule has 2 aromatic heterocycles. The van der Waals surface area contributed by atoms with E-state index in [2.05, 4.69) is 23.1 Å². The summed E-state index contributed by atoms with van der Waals surface area (Å²) in [7, 11) is 0. The van der Waals surface area contributed by atoms with Crippen molar-refractivity contribution < 1.29 is 13.9 Å². The molecule has 0 spiro atoms. The van der Waals surface area contributed by atoms with E-state index in [0.717, 1.165) is 37.4 Å². The number of piperazine rings is 1. The lowest BCUT2D eigenvalue weighted by Gasteiger charge is -2.34. The number of aromatic nitrogens is 2. The van der Waals surface area contributed by atoms with Crippen LogP contribution in [-0.4, -0.2) is 51.7 Å². The van der Waals surface area contributed by atoms with Gasteiger partial charge in [0.1, 0.15) is 6.61 Å². The number of hydrogen-bond donors (Lipinski definition) is 0. The predicted octanol–water partition coefficient (Wildman–Crippen LogP) is 3.95. The molecule has 1 aliphatic heterocycles. The van der Waals surface area contributed by atoms with Crippen LogP contribution in [0.2, 0.25) is 0 Å². The van der Waals surface area contributed by atoms with Gasteiger partial charge in [0, 0.05) is 56.6 Å². The van der Waals surface area contributed by atoms with Crippen molar-refractivity contribution in [2.45, 2.75) is 33.5 Å². The second-order valence-corrected chi connectivity index (χ2v) is 8.61. The summed E-state index contributed by atoms with van der Waals surface area (Å²) in [6.45, 7) is 9.21. The molecular formula is C23H27FN4O2S. The van der Waals surface area contributed by atoms with Gasteiger partial charge in [-0.15, -0.1) is 11.3 Å². The van der Waals surface area contributed by atoms with Crippen molar-refractivity contribution in [3.63, 3.8) is 0 Å². The average molecular weight is 443 g/mol. The molecule has 1 aliphatic rings. The van der Waals surface area contributed by atoms with Crippen molar-refractivity contribution in [2.75, 3.05) is 26.2 Å². The number of thiophene rings is 1. The third-order valence-corrected chi connectivity index (χ3v) is 6.49. The molecule has 1 fully saturated rings. The number of halogens is 1. The molecule has 6 nitrogen and oxygen atoms in total. The lowest BCUT2D eigenvalue weighted by molar-refractivity contribution is 0.0633. The number of para-hydroxylation sites is 1. The molecule has 3 aromatic rings. The Labute approximate surface area is 185 Å². The first kappa shape index (κ1) is 21.5. The Morgan fingerprint density at radius 2 is 2.00 bits per heavy atom. The lowest BCUT2D eigenvalue weighted by Crippen LogP contribution is -2.48. The quantitative estimate of drug-likeness (QED) is 0.556. The number of aryl methyl sites for hydroxylation is 2. The molecule has 1 aromatic carbocycles. The van der Waals surface area contributed by atoms with E-state index in [-0.39, 0.29) is 24.1 Å². The standard InChI is InChI=1S/C23H27FN4O2S/c1-3-28-14-19(17(2)25-28)13-26-8-10-27(11-9-26)23(29)22-12-18(16-31-22)15-30-21-7-5-4-6-20(21)24/h4-7,12,14,16H,3,8-11,13,15H2,1-2H3. The number of rotatable bonds is 7. The van der Waals surface area contributed by atoms with Crippen LogP contribution in [0.25, 0.3) is 0 Å². The Morgan fingerprint density at radius 3 is 2.71 bits per heavy atom. The molecule has 4 rings (SSSR count). The highest BCUT2D eigenvalue weighted by molar-refractivity contribution is 7.12. The second-order valence-electron chi connectivity index (χ2n) is 7.70. The van der Waals surface area contributed by atoms with Gasteiger partial charge in [-0.1, -0.05) is 12.1 Å². The molecule has 1 amide bonds. The van der Waals surface area contributed by atoms with Crippen molar-refractivity contribution in [1.29, 1.82) is 0 Å². The van der Waals surface area contributed by atoms with Crippen LogP contribution in [0.3, 0.4) is 0 Å². The molecule has 3 heterocycles. The highest BCUT2D eigenvalue weighted by atomic mass is 32.1. The van der Waals surface area contributed by atoms with Gasteiger partial charge in [-0.25, -0.2) is 4.39 Å². The van der Waals surface area contributed by atoms with E-state index >= 15 is 0 Å². The summed E-state index contributed by atoms with van der Waals surface area (Å²) in [6, 6.07) is 8.18. The van der Waals surface area contributed by atoms with E-state index in [4.69, 9.17) is 4.74 Å².